The number of carbonyl (C=O) groups excluding carboxylic acids is 2. The van der Waals surface area contributed by atoms with E-state index in [9.17, 15) is 14.7 Å². The highest BCUT2D eigenvalue weighted by molar-refractivity contribution is 6.46. The summed E-state index contributed by atoms with van der Waals surface area (Å²) >= 11 is 6.19. The number of amides is 1. The maximum Gasteiger partial charge on any atom is 0.296 e. The van der Waals surface area contributed by atoms with E-state index in [0.29, 0.717) is 17.1 Å². The van der Waals surface area contributed by atoms with Gasteiger partial charge in [0, 0.05) is 11.6 Å². The first-order valence-corrected chi connectivity index (χ1v) is 10.6. The molecular weight excluding hydrogens is 462 g/mol. The molecular formula is C25H22ClNO7. The maximum atomic E-state index is 13.2. The predicted octanol–water partition coefficient (Wildman–Crippen LogP) is 4.58. The van der Waals surface area contributed by atoms with Gasteiger partial charge in [-0.3, -0.25) is 9.59 Å². The maximum absolute atomic E-state index is 13.2. The van der Waals surface area contributed by atoms with E-state index < -0.39 is 23.5 Å². The van der Waals surface area contributed by atoms with Crippen LogP contribution in [0.15, 0.2) is 64.8 Å². The number of furan rings is 1. The van der Waals surface area contributed by atoms with Crippen LogP contribution in [-0.4, -0.2) is 43.0 Å². The molecule has 176 valence electrons. The minimum atomic E-state index is -0.980. The Labute approximate surface area is 200 Å². The summed E-state index contributed by atoms with van der Waals surface area (Å²) in [4.78, 5) is 27.7. The summed E-state index contributed by atoms with van der Waals surface area (Å²) in [6.45, 7) is 0.0534. The van der Waals surface area contributed by atoms with Crippen LogP contribution in [0.3, 0.4) is 0 Å². The number of nitrogens with zero attached hydrogens (tertiary/aromatic N) is 1. The molecule has 1 aliphatic rings. The number of halogens is 1. The van der Waals surface area contributed by atoms with Crippen molar-refractivity contribution in [1.29, 1.82) is 0 Å². The van der Waals surface area contributed by atoms with Crippen LogP contribution in [0.4, 0.5) is 0 Å². The average Bonchev–Trinajstić information content (AvgIpc) is 3.46. The Kier molecular flexibility index (Phi) is 6.51. The molecule has 1 saturated heterocycles. The molecule has 1 amide bonds. The van der Waals surface area contributed by atoms with Gasteiger partial charge < -0.3 is 28.6 Å². The van der Waals surface area contributed by atoms with Crippen LogP contribution >= 0.6 is 11.6 Å². The van der Waals surface area contributed by atoms with Gasteiger partial charge in [0.15, 0.2) is 0 Å². The monoisotopic (exact) mass is 483 g/mol. The molecule has 34 heavy (non-hydrogen) atoms. The van der Waals surface area contributed by atoms with Crippen molar-refractivity contribution in [2.24, 2.45) is 0 Å². The Balaban J connectivity index is 1.89. The lowest BCUT2D eigenvalue weighted by Crippen LogP contribution is -2.29. The summed E-state index contributed by atoms with van der Waals surface area (Å²) in [7, 11) is 4.35. The fourth-order valence-corrected chi connectivity index (χ4v) is 4.22. The van der Waals surface area contributed by atoms with Gasteiger partial charge in [0.25, 0.3) is 11.7 Å². The lowest BCUT2D eigenvalue weighted by molar-refractivity contribution is -0.140. The molecule has 1 N–H and O–H groups in total. The molecule has 2 heterocycles. The van der Waals surface area contributed by atoms with Crippen LogP contribution in [0.5, 0.6) is 17.2 Å². The van der Waals surface area contributed by atoms with Crippen LogP contribution in [0, 0.1) is 0 Å². The minimum Gasteiger partial charge on any atom is -0.507 e. The highest BCUT2D eigenvalue weighted by Gasteiger charge is 2.48. The molecule has 0 bridgehead atoms. The summed E-state index contributed by atoms with van der Waals surface area (Å²) in [5.41, 5.74) is 0.697. The first-order valence-electron chi connectivity index (χ1n) is 10.3. The van der Waals surface area contributed by atoms with Crippen molar-refractivity contribution in [3.8, 4) is 17.2 Å². The third-order valence-corrected chi connectivity index (χ3v) is 5.91. The number of ketones is 1. The molecule has 1 aromatic heterocycles. The van der Waals surface area contributed by atoms with E-state index in [1.807, 2.05) is 0 Å². The summed E-state index contributed by atoms with van der Waals surface area (Å²) < 4.78 is 21.6. The third-order valence-electron chi connectivity index (χ3n) is 5.61. The number of aliphatic hydroxyl groups excluding tert-OH is 1. The Morgan fingerprint density at radius 1 is 1.00 bits per heavy atom. The van der Waals surface area contributed by atoms with Crippen molar-refractivity contribution in [3.05, 3.63) is 82.3 Å². The molecule has 1 fully saturated rings. The minimum absolute atomic E-state index is 0.0534. The van der Waals surface area contributed by atoms with Gasteiger partial charge in [-0.05, 0) is 24.3 Å². The van der Waals surface area contributed by atoms with Gasteiger partial charge in [-0.15, -0.1) is 0 Å². The number of rotatable bonds is 7. The van der Waals surface area contributed by atoms with Gasteiger partial charge >= 0.3 is 0 Å². The number of likely N-dealkylation sites (tertiary alicyclic amines) is 1. The van der Waals surface area contributed by atoms with Crippen molar-refractivity contribution in [3.63, 3.8) is 0 Å². The smallest absolute Gasteiger partial charge is 0.296 e. The highest BCUT2D eigenvalue weighted by atomic mass is 35.5. The van der Waals surface area contributed by atoms with Crippen LogP contribution in [-0.2, 0) is 16.1 Å². The quantitative estimate of drug-likeness (QED) is 0.298. The number of benzene rings is 2. The SMILES string of the molecule is COc1cc(/C(O)=C2\C(=O)C(=O)N(Cc3ccccc3OC)C2c2ccco2)c(OC)cc1Cl. The predicted molar refractivity (Wildman–Crippen MR) is 124 cm³/mol. The number of carbonyl (C=O) groups is 2. The second-order valence-corrected chi connectivity index (χ2v) is 7.85. The number of para-hydroxylation sites is 1. The zero-order valence-corrected chi connectivity index (χ0v) is 19.5. The standard InChI is InChI=1S/C25H22ClNO7/c1-31-17-8-5-4-7-14(17)13-27-22(18-9-6-10-34-18)21(24(29)25(27)30)23(28)15-11-20(33-3)16(26)12-19(15)32-2/h4-12,22,28H,13H2,1-3H3/b23-21+. The zero-order chi connectivity index (χ0) is 24.4. The summed E-state index contributed by atoms with van der Waals surface area (Å²) in [6, 6.07) is 12.4. The van der Waals surface area contributed by atoms with Crippen LogP contribution in [0.25, 0.3) is 5.76 Å². The summed E-state index contributed by atoms with van der Waals surface area (Å²) in [5.74, 6) is -0.728. The Bertz CT molecular complexity index is 1270. The molecule has 3 aromatic rings. The summed E-state index contributed by atoms with van der Waals surface area (Å²) in [5, 5.41) is 11.6. The first kappa shape index (κ1) is 23.3. The van der Waals surface area contributed by atoms with E-state index in [0.717, 1.165) is 0 Å². The molecule has 0 radical (unpaired) electrons. The molecule has 8 nitrogen and oxygen atoms in total. The molecule has 1 aliphatic heterocycles. The Morgan fingerprint density at radius 2 is 1.71 bits per heavy atom. The fraction of sp³-hybridized carbons (Fsp3) is 0.200. The van der Waals surface area contributed by atoms with Crippen LogP contribution in [0.1, 0.15) is 22.9 Å². The van der Waals surface area contributed by atoms with Gasteiger partial charge in [0.1, 0.15) is 34.8 Å². The number of hydrogen-bond acceptors (Lipinski definition) is 7. The number of hydrogen-bond donors (Lipinski definition) is 1. The van der Waals surface area contributed by atoms with E-state index in [1.54, 1.807) is 36.4 Å². The molecule has 1 unspecified atom stereocenters. The number of ether oxygens (including phenoxy) is 3. The van der Waals surface area contributed by atoms with E-state index in [1.165, 1.54) is 44.6 Å². The van der Waals surface area contributed by atoms with Gasteiger partial charge in [-0.25, -0.2) is 0 Å². The highest BCUT2D eigenvalue weighted by Crippen LogP contribution is 2.44. The molecule has 0 aliphatic carbocycles. The van der Waals surface area contributed by atoms with Crippen molar-refractivity contribution in [1.82, 2.24) is 4.90 Å². The Morgan fingerprint density at radius 3 is 2.35 bits per heavy atom. The molecule has 4 rings (SSSR count). The second kappa shape index (κ2) is 9.52. The van der Waals surface area contributed by atoms with Gasteiger partial charge in [-0.2, -0.15) is 0 Å². The molecule has 9 heteroatoms. The average molecular weight is 484 g/mol. The second-order valence-electron chi connectivity index (χ2n) is 7.44. The third kappa shape index (κ3) is 3.97. The van der Waals surface area contributed by atoms with E-state index in [2.05, 4.69) is 0 Å². The lowest BCUT2D eigenvalue weighted by Gasteiger charge is -2.24. The Hall–Kier alpha value is -3.91. The summed E-state index contributed by atoms with van der Waals surface area (Å²) in [6.07, 6.45) is 1.43. The normalized spacial score (nSPS) is 17.2. The van der Waals surface area contributed by atoms with Crippen molar-refractivity contribution in [2.75, 3.05) is 21.3 Å². The van der Waals surface area contributed by atoms with Crippen molar-refractivity contribution in [2.45, 2.75) is 12.6 Å². The van der Waals surface area contributed by atoms with Crippen LogP contribution in [0.2, 0.25) is 5.02 Å². The number of aliphatic hydroxyl groups is 1. The number of Topliss-reactive ketones (excluding diaryl/α,β-unsaturated/α-hetero) is 1. The fourth-order valence-electron chi connectivity index (χ4n) is 3.99. The van der Waals surface area contributed by atoms with Crippen LogP contribution < -0.4 is 14.2 Å². The van der Waals surface area contributed by atoms with Gasteiger partial charge in [0.05, 0.1) is 50.3 Å². The first-order chi connectivity index (χ1) is 16.4. The number of methoxy groups -OCH3 is 3. The van der Waals surface area contributed by atoms with Crippen molar-refractivity contribution >= 4 is 29.1 Å². The zero-order valence-electron chi connectivity index (χ0n) is 18.7. The van der Waals surface area contributed by atoms with Crippen molar-refractivity contribution < 1.29 is 33.3 Å². The largest absolute Gasteiger partial charge is 0.507 e. The van der Waals surface area contributed by atoms with E-state index in [4.69, 9.17) is 30.2 Å². The molecule has 2 aromatic carbocycles. The van der Waals surface area contributed by atoms with E-state index >= 15 is 0 Å². The lowest BCUT2D eigenvalue weighted by atomic mass is 9.98. The molecule has 0 spiro atoms. The van der Waals surface area contributed by atoms with Gasteiger partial charge in [-0.1, -0.05) is 29.8 Å². The molecule has 0 saturated carbocycles. The topological polar surface area (TPSA) is 98.4 Å². The van der Waals surface area contributed by atoms with E-state index in [-0.39, 0.29) is 34.2 Å². The van der Waals surface area contributed by atoms with Gasteiger partial charge in [0.2, 0.25) is 0 Å². The molecule has 1 atom stereocenters.